The van der Waals surface area contributed by atoms with E-state index in [1.165, 1.54) is 18.2 Å². The van der Waals surface area contributed by atoms with Gasteiger partial charge in [-0.05, 0) is 6.07 Å². The van der Waals surface area contributed by atoms with Crippen LogP contribution in [0.15, 0.2) is 18.2 Å². The number of alkyl halides is 3. The van der Waals surface area contributed by atoms with Crippen molar-refractivity contribution in [2.24, 2.45) is 0 Å². The third-order valence-electron chi connectivity index (χ3n) is 2.23. The highest BCUT2D eigenvalue weighted by Crippen LogP contribution is 2.19. The Bertz CT molecular complexity index is 453. The third-order valence-corrected chi connectivity index (χ3v) is 2.23. The molecule has 0 fully saturated rings. The van der Waals surface area contributed by atoms with Crippen molar-refractivity contribution in [3.63, 3.8) is 0 Å². The summed E-state index contributed by atoms with van der Waals surface area (Å²) in [5, 5.41) is 19.5. The minimum Gasteiger partial charge on any atom is -0.382 e. The van der Waals surface area contributed by atoms with Crippen molar-refractivity contribution >= 4 is 0 Å². The zero-order valence-corrected chi connectivity index (χ0v) is 9.13. The first-order valence-electron chi connectivity index (χ1n) is 4.99. The van der Waals surface area contributed by atoms with Crippen molar-refractivity contribution in [1.82, 2.24) is 5.32 Å². The molecule has 0 aliphatic rings. The third kappa shape index (κ3) is 3.68. The van der Waals surface area contributed by atoms with Crippen LogP contribution in [-0.2, 0) is 6.54 Å². The van der Waals surface area contributed by atoms with E-state index >= 15 is 0 Å². The minimum absolute atomic E-state index is 0.0726. The summed E-state index contributed by atoms with van der Waals surface area (Å²) in [6.45, 7) is -0.936. The predicted octanol–water partition coefficient (Wildman–Crippen LogP) is 1.71. The van der Waals surface area contributed by atoms with Gasteiger partial charge in [-0.2, -0.15) is 18.4 Å². The SMILES string of the molecule is N#Cc1cccc(CNCC(O)C(F)(F)F)c1F. The number of aliphatic hydroxyl groups is 1. The number of benzene rings is 1. The van der Waals surface area contributed by atoms with Crippen LogP contribution in [0.3, 0.4) is 0 Å². The average Bonchev–Trinajstić information content (AvgIpc) is 2.30. The van der Waals surface area contributed by atoms with E-state index in [0.717, 1.165) is 0 Å². The van der Waals surface area contributed by atoms with Gasteiger partial charge in [0, 0.05) is 18.7 Å². The molecule has 1 rings (SSSR count). The van der Waals surface area contributed by atoms with Gasteiger partial charge in [-0.25, -0.2) is 4.39 Å². The molecule has 0 bridgehead atoms. The first-order valence-corrected chi connectivity index (χ1v) is 4.99. The summed E-state index contributed by atoms with van der Waals surface area (Å²) >= 11 is 0. The number of aliphatic hydroxyl groups excluding tert-OH is 1. The molecule has 0 aliphatic carbocycles. The van der Waals surface area contributed by atoms with Crippen LogP contribution in [-0.4, -0.2) is 23.9 Å². The lowest BCUT2D eigenvalue weighted by molar-refractivity contribution is -0.201. The summed E-state index contributed by atoms with van der Waals surface area (Å²) in [6, 6.07) is 5.67. The number of hydrogen-bond acceptors (Lipinski definition) is 3. The van der Waals surface area contributed by atoms with Crippen LogP contribution < -0.4 is 5.32 Å². The molecule has 1 aromatic rings. The Kier molecular flexibility index (Phi) is 4.64. The topological polar surface area (TPSA) is 56.0 Å². The molecule has 0 aromatic heterocycles. The van der Waals surface area contributed by atoms with E-state index in [4.69, 9.17) is 10.4 Å². The summed E-state index contributed by atoms with van der Waals surface area (Å²) in [7, 11) is 0. The maximum Gasteiger partial charge on any atom is 0.415 e. The lowest BCUT2D eigenvalue weighted by Gasteiger charge is -2.15. The molecule has 1 unspecified atom stereocenters. The normalized spacial score (nSPS) is 13.1. The second-order valence-corrected chi connectivity index (χ2v) is 3.58. The molecule has 0 radical (unpaired) electrons. The molecule has 2 N–H and O–H groups in total. The van der Waals surface area contributed by atoms with Crippen molar-refractivity contribution in [3.05, 3.63) is 35.1 Å². The number of nitriles is 1. The predicted molar refractivity (Wildman–Crippen MR) is 54.9 cm³/mol. The molecule has 98 valence electrons. The minimum atomic E-state index is -4.71. The zero-order valence-electron chi connectivity index (χ0n) is 9.13. The van der Waals surface area contributed by atoms with Crippen molar-refractivity contribution in [1.29, 1.82) is 5.26 Å². The maximum atomic E-state index is 13.5. The van der Waals surface area contributed by atoms with Crippen LogP contribution in [0.25, 0.3) is 0 Å². The maximum absolute atomic E-state index is 13.5. The monoisotopic (exact) mass is 262 g/mol. The van der Waals surface area contributed by atoms with Crippen LogP contribution in [0, 0.1) is 17.1 Å². The summed E-state index contributed by atoms with van der Waals surface area (Å²) < 4.78 is 49.4. The second kappa shape index (κ2) is 5.80. The van der Waals surface area contributed by atoms with E-state index in [1.807, 2.05) is 0 Å². The summed E-state index contributed by atoms with van der Waals surface area (Å²) in [4.78, 5) is 0. The van der Waals surface area contributed by atoms with Crippen molar-refractivity contribution in [3.8, 4) is 6.07 Å². The lowest BCUT2D eigenvalue weighted by Crippen LogP contribution is -2.38. The van der Waals surface area contributed by atoms with Gasteiger partial charge in [0.2, 0.25) is 0 Å². The Balaban J connectivity index is 2.58. The van der Waals surface area contributed by atoms with Gasteiger partial charge in [0.15, 0.2) is 6.10 Å². The molecule has 0 heterocycles. The van der Waals surface area contributed by atoms with Crippen molar-refractivity contribution < 1.29 is 22.7 Å². The van der Waals surface area contributed by atoms with Gasteiger partial charge in [0.05, 0.1) is 5.56 Å². The van der Waals surface area contributed by atoms with Crippen molar-refractivity contribution in [2.75, 3.05) is 6.54 Å². The molecule has 7 heteroatoms. The molecule has 1 atom stereocenters. The fraction of sp³-hybridized carbons (Fsp3) is 0.364. The van der Waals surface area contributed by atoms with Gasteiger partial charge < -0.3 is 10.4 Å². The zero-order chi connectivity index (χ0) is 13.8. The van der Waals surface area contributed by atoms with E-state index in [1.54, 1.807) is 6.07 Å². The molecule has 0 saturated carbocycles. The standard InChI is InChI=1S/C11H10F4N2O/c12-10-7(4-16)2-1-3-8(10)5-17-6-9(18)11(13,14)15/h1-3,9,17-18H,5-6H2. The molecule has 0 saturated heterocycles. The quantitative estimate of drug-likeness (QED) is 0.812. The Morgan fingerprint density at radius 3 is 2.61 bits per heavy atom. The van der Waals surface area contributed by atoms with Gasteiger partial charge in [0.25, 0.3) is 0 Å². The molecule has 0 aliphatic heterocycles. The van der Waals surface area contributed by atoms with E-state index in [9.17, 15) is 17.6 Å². The summed E-state index contributed by atoms with van der Waals surface area (Å²) in [5.74, 6) is -0.769. The van der Waals surface area contributed by atoms with E-state index in [2.05, 4.69) is 5.32 Å². The highest BCUT2D eigenvalue weighted by atomic mass is 19.4. The van der Waals surface area contributed by atoms with Crippen LogP contribution in [0.1, 0.15) is 11.1 Å². The van der Waals surface area contributed by atoms with E-state index in [-0.39, 0.29) is 17.7 Å². The van der Waals surface area contributed by atoms with Crippen molar-refractivity contribution in [2.45, 2.75) is 18.8 Å². The largest absolute Gasteiger partial charge is 0.415 e. The van der Waals surface area contributed by atoms with Crippen LogP contribution in [0.4, 0.5) is 17.6 Å². The summed E-state index contributed by atoms with van der Waals surface area (Å²) in [6.07, 6.45) is -7.21. The number of halogens is 4. The van der Waals surface area contributed by atoms with E-state index < -0.39 is 24.6 Å². The molecule has 18 heavy (non-hydrogen) atoms. The van der Waals surface area contributed by atoms with Gasteiger partial charge in [0.1, 0.15) is 11.9 Å². The number of rotatable bonds is 4. The molecule has 0 spiro atoms. The van der Waals surface area contributed by atoms with Gasteiger partial charge in [-0.3, -0.25) is 0 Å². The van der Waals surface area contributed by atoms with Crippen LogP contribution in [0.5, 0.6) is 0 Å². The molecular formula is C11H10F4N2O. The number of hydrogen-bond donors (Lipinski definition) is 2. The van der Waals surface area contributed by atoms with Gasteiger partial charge in [-0.1, -0.05) is 12.1 Å². The molecule has 1 aromatic carbocycles. The molecule has 0 amide bonds. The molecular weight excluding hydrogens is 252 g/mol. The Morgan fingerprint density at radius 1 is 1.39 bits per heavy atom. The Hall–Kier alpha value is -1.65. The molecule has 3 nitrogen and oxygen atoms in total. The fourth-order valence-electron chi connectivity index (χ4n) is 1.26. The highest BCUT2D eigenvalue weighted by molar-refractivity contribution is 5.34. The second-order valence-electron chi connectivity index (χ2n) is 3.58. The van der Waals surface area contributed by atoms with E-state index in [0.29, 0.717) is 0 Å². The first kappa shape index (κ1) is 14.4. The average molecular weight is 262 g/mol. The van der Waals surface area contributed by atoms with Gasteiger partial charge >= 0.3 is 6.18 Å². The Morgan fingerprint density at radius 2 is 2.06 bits per heavy atom. The summed E-state index contributed by atoms with van der Waals surface area (Å²) in [5.41, 5.74) is -0.103. The Labute approximate surface area is 101 Å². The van der Waals surface area contributed by atoms with Crippen LogP contribution >= 0.6 is 0 Å². The lowest BCUT2D eigenvalue weighted by atomic mass is 10.1. The fourth-order valence-corrected chi connectivity index (χ4v) is 1.26. The first-order chi connectivity index (χ1) is 8.36. The highest BCUT2D eigenvalue weighted by Gasteiger charge is 2.37. The smallest absolute Gasteiger partial charge is 0.382 e. The number of nitrogens with one attached hydrogen (secondary N) is 1. The number of nitrogens with zero attached hydrogens (tertiary/aromatic N) is 1. The van der Waals surface area contributed by atoms with Crippen LogP contribution in [0.2, 0.25) is 0 Å². The van der Waals surface area contributed by atoms with Gasteiger partial charge in [-0.15, -0.1) is 0 Å².